The Morgan fingerprint density at radius 2 is 2.12 bits per heavy atom. The average Bonchev–Trinajstić information content (AvgIpc) is 2.27. The summed E-state index contributed by atoms with van der Waals surface area (Å²) in [7, 11) is -1.34. The van der Waals surface area contributed by atoms with Crippen LogP contribution in [-0.2, 0) is 16.9 Å². The van der Waals surface area contributed by atoms with Gasteiger partial charge in [0.2, 0.25) is 0 Å². The highest BCUT2D eigenvalue weighted by atomic mass is 32.2. The van der Waals surface area contributed by atoms with Crippen LogP contribution >= 0.6 is 0 Å². The third-order valence-electron chi connectivity index (χ3n) is 2.06. The van der Waals surface area contributed by atoms with Gasteiger partial charge in [0.05, 0.1) is 12.7 Å². The zero-order valence-corrected chi connectivity index (χ0v) is 9.74. The topological polar surface area (TPSA) is 72.8 Å². The van der Waals surface area contributed by atoms with Gasteiger partial charge in [-0.05, 0) is 24.1 Å². The van der Waals surface area contributed by atoms with Gasteiger partial charge in [-0.15, -0.1) is 0 Å². The molecule has 0 aromatic heterocycles. The van der Waals surface area contributed by atoms with Gasteiger partial charge in [-0.1, -0.05) is 17.4 Å². The first-order valence-electron chi connectivity index (χ1n) is 4.60. The Balaban J connectivity index is 3.29. The second-order valence-electron chi connectivity index (χ2n) is 3.00. The van der Waals surface area contributed by atoms with Crippen molar-refractivity contribution in [2.45, 2.75) is 13.3 Å². The summed E-state index contributed by atoms with van der Waals surface area (Å²) < 4.78 is 28.5. The minimum atomic E-state index is -2.75. The van der Waals surface area contributed by atoms with E-state index in [0.29, 0.717) is 5.75 Å². The molecule has 0 fully saturated rings. The molecular formula is C10H11NO4S. The second-order valence-corrected chi connectivity index (χ2v) is 3.62. The van der Waals surface area contributed by atoms with Crippen molar-refractivity contribution in [2.24, 2.45) is 4.36 Å². The van der Waals surface area contributed by atoms with Gasteiger partial charge < -0.3 is 4.74 Å². The van der Waals surface area contributed by atoms with Crippen LogP contribution in [0.2, 0.25) is 0 Å². The van der Waals surface area contributed by atoms with E-state index in [4.69, 9.17) is 4.74 Å². The highest BCUT2D eigenvalue weighted by Gasteiger charge is 2.12. The second kappa shape index (κ2) is 5.41. The molecule has 0 aliphatic rings. The largest absolute Gasteiger partial charge is 0.496 e. The summed E-state index contributed by atoms with van der Waals surface area (Å²) in [5.74, 6) is -0.503. The molecule has 0 unspecified atom stereocenters. The Hall–Kier alpha value is -1.69. The van der Waals surface area contributed by atoms with E-state index in [2.05, 4.69) is 4.36 Å². The van der Waals surface area contributed by atoms with Crippen molar-refractivity contribution >= 4 is 16.4 Å². The number of aryl methyl sites for hydroxylation is 1. The number of ether oxygens (including phenoxy) is 1. The molecular weight excluding hydrogens is 230 g/mol. The molecule has 6 heteroatoms. The number of rotatable bonds is 3. The lowest BCUT2D eigenvalue weighted by Crippen LogP contribution is -2.00. The Bertz CT molecular complexity index is 526. The van der Waals surface area contributed by atoms with E-state index in [1.165, 1.54) is 7.11 Å². The molecule has 0 N–H and O–H groups in total. The Labute approximate surface area is 94.8 Å². The summed E-state index contributed by atoms with van der Waals surface area (Å²) in [4.78, 5) is 11.5. The zero-order chi connectivity index (χ0) is 12.1. The third-order valence-corrected chi connectivity index (χ3v) is 2.37. The maximum absolute atomic E-state index is 11.5. The molecule has 0 bridgehead atoms. The van der Waals surface area contributed by atoms with Crippen LogP contribution < -0.4 is 4.74 Å². The van der Waals surface area contributed by atoms with Crippen LogP contribution in [0, 0.1) is 0 Å². The van der Waals surface area contributed by atoms with Crippen LogP contribution in [0.4, 0.5) is 0 Å². The maximum atomic E-state index is 11.5. The van der Waals surface area contributed by atoms with Crippen LogP contribution in [-0.4, -0.2) is 21.4 Å². The SMILES string of the molecule is CCc1ccc(OC)c(C(=O)N=S(=O)=O)c1. The Morgan fingerprint density at radius 1 is 1.44 bits per heavy atom. The summed E-state index contributed by atoms with van der Waals surface area (Å²) in [5.41, 5.74) is 1.07. The first-order chi connectivity index (χ1) is 7.58. The maximum Gasteiger partial charge on any atom is 0.319 e. The first kappa shape index (κ1) is 12.4. The monoisotopic (exact) mass is 241 g/mol. The van der Waals surface area contributed by atoms with E-state index in [9.17, 15) is 13.2 Å². The number of amides is 1. The van der Waals surface area contributed by atoms with Crippen LogP contribution in [0.1, 0.15) is 22.8 Å². The molecule has 0 aliphatic carbocycles. The van der Waals surface area contributed by atoms with E-state index >= 15 is 0 Å². The van der Waals surface area contributed by atoms with Gasteiger partial charge in [-0.25, -0.2) is 0 Å². The Kier molecular flexibility index (Phi) is 4.19. The quantitative estimate of drug-likeness (QED) is 0.803. The van der Waals surface area contributed by atoms with Crippen LogP contribution in [0.15, 0.2) is 22.6 Å². The molecule has 1 aromatic carbocycles. The first-order valence-corrected chi connectivity index (χ1v) is 5.64. The van der Waals surface area contributed by atoms with Gasteiger partial charge in [0.25, 0.3) is 5.91 Å². The third kappa shape index (κ3) is 2.90. The van der Waals surface area contributed by atoms with Crippen LogP contribution in [0.3, 0.4) is 0 Å². The molecule has 1 aromatic rings. The van der Waals surface area contributed by atoms with E-state index in [0.717, 1.165) is 12.0 Å². The predicted octanol–water partition coefficient (Wildman–Crippen LogP) is 1.46. The summed E-state index contributed by atoms with van der Waals surface area (Å²) in [5, 5.41) is 0. The minimum Gasteiger partial charge on any atom is -0.496 e. The van der Waals surface area contributed by atoms with Gasteiger partial charge in [0.1, 0.15) is 5.75 Å². The molecule has 1 amide bonds. The number of carbonyl (C=O) groups excluding carboxylic acids is 1. The number of benzene rings is 1. The molecule has 0 heterocycles. The van der Waals surface area contributed by atoms with Crippen LogP contribution in [0.25, 0.3) is 0 Å². The lowest BCUT2D eigenvalue weighted by Gasteiger charge is -2.06. The van der Waals surface area contributed by atoms with Gasteiger partial charge >= 0.3 is 10.5 Å². The fourth-order valence-corrected chi connectivity index (χ4v) is 1.49. The van der Waals surface area contributed by atoms with Crippen molar-refractivity contribution in [3.63, 3.8) is 0 Å². The fraction of sp³-hybridized carbons (Fsp3) is 0.300. The lowest BCUT2D eigenvalue weighted by atomic mass is 10.1. The number of hydrogen-bond donors (Lipinski definition) is 0. The van der Waals surface area contributed by atoms with Gasteiger partial charge in [0, 0.05) is 0 Å². The molecule has 16 heavy (non-hydrogen) atoms. The van der Waals surface area contributed by atoms with Crippen molar-refractivity contribution in [2.75, 3.05) is 7.11 Å². The summed E-state index contributed by atoms with van der Waals surface area (Å²) in [6.45, 7) is 1.93. The Morgan fingerprint density at radius 3 is 2.62 bits per heavy atom. The molecule has 86 valence electrons. The molecule has 5 nitrogen and oxygen atoms in total. The lowest BCUT2D eigenvalue weighted by molar-refractivity contribution is 0.100. The van der Waals surface area contributed by atoms with Gasteiger partial charge in [-0.2, -0.15) is 8.42 Å². The van der Waals surface area contributed by atoms with Crippen molar-refractivity contribution in [1.82, 2.24) is 0 Å². The minimum absolute atomic E-state index is 0.158. The van der Waals surface area contributed by atoms with Crippen molar-refractivity contribution in [1.29, 1.82) is 0 Å². The standard InChI is InChI=1S/C10H11NO4S/c1-3-7-4-5-9(15-2)8(6-7)10(12)11-16(13)14/h4-6H,3H2,1-2H3. The molecule has 0 saturated carbocycles. The summed E-state index contributed by atoms with van der Waals surface area (Å²) in [6.07, 6.45) is 0.741. The van der Waals surface area contributed by atoms with Crippen molar-refractivity contribution < 1.29 is 17.9 Å². The highest BCUT2D eigenvalue weighted by Crippen LogP contribution is 2.21. The molecule has 0 saturated heterocycles. The number of carbonyl (C=O) groups is 1. The fourth-order valence-electron chi connectivity index (χ4n) is 1.26. The van der Waals surface area contributed by atoms with E-state index < -0.39 is 16.4 Å². The zero-order valence-electron chi connectivity index (χ0n) is 8.93. The molecule has 0 atom stereocenters. The van der Waals surface area contributed by atoms with E-state index in [1.54, 1.807) is 12.1 Å². The van der Waals surface area contributed by atoms with Crippen molar-refractivity contribution in [3.8, 4) is 5.75 Å². The number of hydrogen-bond acceptors (Lipinski definition) is 4. The highest BCUT2D eigenvalue weighted by molar-refractivity contribution is 7.62. The molecule has 0 aliphatic heterocycles. The molecule has 0 spiro atoms. The predicted molar refractivity (Wildman–Crippen MR) is 58.1 cm³/mol. The van der Waals surface area contributed by atoms with Gasteiger partial charge in [-0.3, -0.25) is 4.79 Å². The normalized spacial score (nSPS) is 9.62. The van der Waals surface area contributed by atoms with Crippen molar-refractivity contribution in [3.05, 3.63) is 29.3 Å². The van der Waals surface area contributed by atoms with E-state index in [1.807, 2.05) is 13.0 Å². The average molecular weight is 241 g/mol. The summed E-state index contributed by atoms with van der Waals surface area (Å²) >= 11 is 0. The molecule has 0 radical (unpaired) electrons. The number of nitrogens with zero attached hydrogens (tertiary/aromatic N) is 1. The van der Waals surface area contributed by atoms with Gasteiger partial charge in [0.15, 0.2) is 0 Å². The summed E-state index contributed by atoms with van der Waals surface area (Å²) in [6, 6.07) is 5.01. The van der Waals surface area contributed by atoms with Crippen LogP contribution in [0.5, 0.6) is 5.75 Å². The smallest absolute Gasteiger partial charge is 0.319 e. The van der Waals surface area contributed by atoms with E-state index in [-0.39, 0.29) is 5.56 Å². The molecule has 1 rings (SSSR count). The number of methoxy groups -OCH3 is 1.